The molecule has 1 N–H and O–H groups in total. The smallest absolute Gasteiger partial charge is 0.289 e. The molecular formula is C15H13N3O6S. The zero-order chi connectivity index (χ0) is 18.4. The summed E-state index contributed by atoms with van der Waals surface area (Å²) in [5, 5.41) is 24.4. The third kappa shape index (κ3) is 4.91. The Morgan fingerprint density at radius 1 is 1.12 bits per heavy atom. The third-order valence-corrected chi connectivity index (χ3v) is 4.15. The normalized spacial score (nSPS) is 10.1. The van der Waals surface area contributed by atoms with Crippen molar-refractivity contribution >= 4 is 34.7 Å². The molecule has 1 amide bonds. The van der Waals surface area contributed by atoms with E-state index in [2.05, 4.69) is 5.32 Å². The van der Waals surface area contributed by atoms with E-state index >= 15 is 0 Å². The zero-order valence-corrected chi connectivity index (χ0v) is 13.8. The number of nitro benzene ring substituents is 2. The van der Waals surface area contributed by atoms with E-state index < -0.39 is 15.5 Å². The molecule has 0 aliphatic heterocycles. The fourth-order valence-electron chi connectivity index (χ4n) is 1.90. The van der Waals surface area contributed by atoms with Gasteiger partial charge in [0.2, 0.25) is 5.91 Å². The Morgan fingerprint density at radius 3 is 2.36 bits per heavy atom. The van der Waals surface area contributed by atoms with Crippen LogP contribution < -0.4 is 10.1 Å². The average molecular weight is 363 g/mol. The predicted octanol–water partition coefficient (Wildman–Crippen LogP) is 3.24. The fraction of sp³-hybridized carbons (Fsp3) is 0.133. The highest BCUT2D eigenvalue weighted by Crippen LogP contribution is 2.32. The molecule has 0 bridgehead atoms. The number of benzene rings is 2. The van der Waals surface area contributed by atoms with Crippen LogP contribution in [-0.2, 0) is 4.79 Å². The number of carbonyl (C=O) groups excluding carboxylic acids is 1. The molecule has 0 saturated heterocycles. The average Bonchev–Trinajstić information content (AvgIpc) is 2.60. The van der Waals surface area contributed by atoms with Gasteiger partial charge < -0.3 is 10.1 Å². The quantitative estimate of drug-likeness (QED) is 0.455. The molecule has 2 aromatic carbocycles. The molecule has 0 radical (unpaired) electrons. The number of thioether (sulfide) groups is 1. The fourth-order valence-corrected chi connectivity index (χ4v) is 2.70. The predicted molar refractivity (Wildman–Crippen MR) is 92.1 cm³/mol. The van der Waals surface area contributed by atoms with E-state index in [-0.39, 0.29) is 22.2 Å². The van der Waals surface area contributed by atoms with E-state index in [0.717, 1.165) is 23.9 Å². The number of anilines is 1. The molecule has 0 atom stereocenters. The van der Waals surface area contributed by atoms with Gasteiger partial charge in [-0.15, -0.1) is 11.8 Å². The van der Waals surface area contributed by atoms with Gasteiger partial charge in [-0.05, 0) is 30.3 Å². The first-order valence-electron chi connectivity index (χ1n) is 6.90. The molecule has 0 spiro atoms. The first-order valence-corrected chi connectivity index (χ1v) is 7.89. The Morgan fingerprint density at radius 2 is 1.80 bits per heavy atom. The summed E-state index contributed by atoms with van der Waals surface area (Å²) in [4.78, 5) is 32.5. The van der Waals surface area contributed by atoms with Crippen LogP contribution in [0.5, 0.6) is 5.75 Å². The van der Waals surface area contributed by atoms with Crippen molar-refractivity contribution in [1.29, 1.82) is 0 Å². The van der Waals surface area contributed by atoms with Crippen molar-refractivity contribution in [3.8, 4) is 5.75 Å². The Bertz CT molecular complexity index is 809. The monoisotopic (exact) mass is 363 g/mol. The molecule has 9 nitrogen and oxygen atoms in total. The second-order valence-corrected chi connectivity index (χ2v) is 5.75. The van der Waals surface area contributed by atoms with Crippen molar-refractivity contribution in [2.45, 2.75) is 4.90 Å². The lowest BCUT2D eigenvalue weighted by Gasteiger charge is -2.06. The molecule has 0 fully saturated rings. The second-order valence-electron chi connectivity index (χ2n) is 4.73. The SMILES string of the molecule is COc1ccc(NC(=O)CSc2ccc([N+](=O)[O-])cc2[N+](=O)[O-])cc1. The van der Waals surface area contributed by atoms with Gasteiger partial charge in [-0.3, -0.25) is 25.0 Å². The van der Waals surface area contributed by atoms with Gasteiger partial charge in [-0.25, -0.2) is 0 Å². The van der Waals surface area contributed by atoms with Crippen LogP contribution in [0.1, 0.15) is 0 Å². The summed E-state index contributed by atoms with van der Waals surface area (Å²) in [6, 6.07) is 10.0. The highest BCUT2D eigenvalue weighted by Gasteiger charge is 2.20. The van der Waals surface area contributed by atoms with Crippen LogP contribution in [0.3, 0.4) is 0 Å². The number of nitrogens with zero attached hydrogens (tertiary/aromatic N) is 2. The molecule has 0 aromatic heterocycles. The van der Waals surface area contributed by atoms with Crippen molar-refractivity contribution < 1.29 is 19.4 Å². The largest absolute Gasteiger partial charge is 0.497 e. The number of amides is 1. The van der Waals surface area contributed by atoms with E-state index in [9.17, 15) is 25.0 Å². The summed E-state index contributed by atoms with van der Waals surface area (Å²) in [5.74, 6) is 0.210. The van der Waals surface area contributed by atoms with Gasteiger partial charge in [0.25, 0.3) is 11.4 Å². The number of carbonyl (C=O) groups is 1. The molecule has 130 valence electrons. The Kier molecular flexibility index (Phi) is 5.90. The van der Waals surface area contributed by atoms with Crippen molar-refractivity contribution in [3.63, 3.8) is 0 Å². The van der Waals surface area contributed by atoms with Gasteiger partial charge in [0.1, 0.15) is 5.75 Å². The number of ether oxygens (including phenoxy) is 1. The first kappa shape index (κ1) is 18.2. The third-order valence-electron chi connectivity index (χ3n) is 3.08. The number of hydrogen-bond acceptors (Lipinski definition) is 7. The van der Waals surface area contributed by atoms with Gasteiger partial charge in [0.05, 0.1) is 33.7 Å². The summed E-state index contributed by atoms with van der Waals surface area (Å²) in [6.07, 6.45) is 0. The number of nitro groups is 2. The topological polar surface area (TPSA) is 125 Å². The van der Waals surface area contributed by atoms with E-state index in [4.69, 9.17) is 4.74 Å². The van der Waals surface area contributed by atoms with E-state index in [1.54, 1.807) is 24.3 Å². The molecule has 25 heavy (non-hydrogen) atoms. The zero-order valence-electron chi connectivity index (χ0n) is 13.0. The molecular weight excluding hydrogens is 350 g/mol. The van der Waals surface area contributed by atoms with Crippen molar-refractivity contribution in [2.75, 3.05) is 18.2 Å². The number of rotatable bonds is 7. The minimum absolute atomic E-state index is 0.0787. The summed E-state index contributed by atoms with van der Waals surface area (Å²) in [5.41, 5.74) is -0.222. The van der Waals surface area contributed by atoms with Crippen LogP contribution in [0.15, 0.2) is 47.4 Å². The maximum absolute atomic E-state index is 12.0. The number of hydrogen-bond donors (Lipinski definition) is 1. The van der Waals surface area contributed by atoms with Crippen molar-refractivity contribution in [2.24, 2.45) is 0 Å². The summed E-state index contributed by atoms with van der Waals surface area (Å²) < 4.78 is 5.01. The minimum Gasteiger partial charge on any atom is -0.497 e. The highest BCUT2D eigenvalue weighted by molar-refractivity contribution is 8.00. The summed E-state index contributed by atoms with van der Waals surface area (Å²) >= 11 is 0.930. The van der Waals surface area contributed by atoms with Gasteiger partial charge in [0.15, 0.2) is 0 Å². The van der Waals surface area contributed by atoms with Crippen LogP contribution in [-0.4, -0.2) is 28.6 Å². The lowest BCUT2D eigenvalue weighted by atomic mass is 10.3. The van der Waals surface area contributed by atoms with Crippen molar-refractivity contribution in [1.82, 2.24) is 0 Å². The second kappa shape index (κ2) is 8.11. The minimum atomic E-state index is -0.712. The summed E-state index contributed by atoms with van der Waals surface area (Å²) in [7, 11) is 1.53. The van der Waals surface area contributed by atoms with Crippen LogP contribution in [0.25, 0.3) is 0 Å². The lowest BCUT2D eigenvalue weighted by Crippen LogP contribution is -2.14. The molecule has 10 heteroatoms. The van der Waals surface area contributed by atoms with Crippen LogP contribution >= 0.6 is 11.8 Å². The van der Waals surface area contributed by atoms with Crippen molar-refractivity contribution in [3.05, 3.63) is 62.7 Å². The number of methoxy groups -OCH3 is 1. The van der Waals surface area contributed by atoms with Gasteiger partial charge in [-0.2, -0.15) is 0 Å². The van der Waals surface area contributed by atoms with E-state index in [1.165, 1.54) is 13.2 Å². The Labute approximate surface area is 146 Å². The Hall–Kier alpha value is -3.14. The molecule has 0 aliphatic rings. The van der Waals surface area contributed by atoms with E-state index in [1.807, 2.05) is 0 Å². The van der Waals surface area contributed by atoms with Crippen LogP contribution in [0.2, 0.25) is 0 Å². The standard InChI is InChI=1S/C15H13N3O6S/c1-24-12-5-2-10(3-6-12)16-15(19)9-25-14-7-4-11(17(20)21)8-13(14)18(22)23/h2-8H,9H2,1H3,(H,16,19). The van der Waals surface area contributed by atoms with Crippen LogP contribution in [0, 0.1) is 20.2 Å². The Balaban J connectivity index is 2.03. The first-order chi connectivity index (χ1) is 11.9. The molecule has 0 aliphatic carbocycles. The maximum atomic E-state index is 12.0. The van der Waals surface area contributed by atoms with Crippen LogP contribution in [0.4, 0.5) is 17.1 Å². The molecule has 2 aromatic rings. The summed E-state index contributed by atoms with van der Waals surface area (Å²) in [6.45, 7) is 0. The number of nitrogens with one attached hydrogen (secondary N) is 1. The van der Waals surface area contributed by atoms with E-state index in [0.29, 0.717) is 11.4 Å². The van der Waals surface area contributed by atoms with Gasteiger partial charge in [-0.1, -0.05) is 0 Å². The highest BCUT2D eigenvalue weighted by atomic mass is 32.2. The molecule has 0 saturated carbocycles. The van der Waals surface area contributed by atoms with Gasteiger partial charge in [0, 0.05) is 11.8 Å². The molecule has 0 unspecified atom stereocenters. The number of non-ortho nitro benzene ring substituents is 1. The maximum Gasteiger partial charge on any atom is 0.289 e. The van der Waals surface area contributed by atoms with Gasteiger partial charge >= 0.3 is 0 Å². The lowest BCUT2D eigenvalue weighted by molar-refractivity contribution is -0.396. The molecule has 2 rings (SSSR count). The molecule has 0 heterocycles.